The van der Waals surface area contributed by atoms with E-state index in [1.165, 1.54) is 19.2 Å². The lowest BCUT2D eigenvalue weighted by atomic mass is 10.2. The number of nitrogens with zero attached hydrogens (tertiary/aromatic N) is 1. The SMILES string of the molecule is COc1ccc(CNC(=O)CN(c2ccccc2)S(=O)(=O)c2ccc(OC)cc2)cc1. The van der Waals surface area contributed by atoms with Gasteiger partial charge in [-0.05, 0) is 54.1 Å². The maximum atomic E-state index is 13.3. The van der Waals surface area contributed by atoms with Gasteiger partial charge in [-0.2, -0.15) is 0 Å². The first-order valence-corrected chi connectivity index (χ1v) is 11.0. The van der Waals surface area contributed by atoms with Crippen molar-refractivity contribution in [2.75, 3.05) is 25.1 Å². The quantitative estimate of drug-likeness (QED) is 0.552. The van der Waals surface area contributed by atoms with Crippen molar-refractivity contribution in [3.63, 3.8) is 0 Å². The Kier molecular flexibility index (Phi) is 7.15. The van der Waals surface area contributed by atoms with Crippen LogP contribution < -0.4 is 19.1 Å². The van der Waals surface area contributed by atoms with Crippen LogP contribution in [-0.2, 0) is 21.4 Å². The summed E-state index contributed by atoms with van der Waals surface area (Å²) in [7, 11) is -0.877. The molecule has 3 rings (SSSR count). The zero-order valence-electron chi connectivity index (χ0n) is 17.3. The van der Waals surface area contributed by atoms with E-state index in [1.54, 1.807) is 61.7 Å². The maximum Gasteiger partial charge on any atom is 0.264 e. The molecule has 0 radical (unpaired) electrons. The van der Waals surface area contributed by atoms with Gasteiger partial charge in [-0.25, -0.2) is 8.42 Å². The molecule has 0 unspecified atom stereocenters. The molecule has 0 saturated heterocycles. The number of carbonyl (C=O) groups excluding carboxylic acids is 1. The van der Waals surface area contributed by atoms with E-state index < -0.39 is 15.9 Å². The van der Waals surface area contributed by atoms with Crippen LogP contribution >= 0.6 is 0 Å². The molecular weight excluding hydrogens is 416 g/mol. The van der Waals surface area contributed by atoms with Crippen LogP contribution in [0.4, 0.5) is 5.69 Å². The zero-order valence-corrected chi connectivity index (χ0v) is 18.1. The van der Waals surface area contributed by atoms with Gasteiger partial charge in [0.2, 0.25) is 5.91 Å². The lowest BCUT2D eigenvalue weighted by Crippen LogP contribution is -2.40. The third-order valence-electron chi connectivity index (χ3n) is 4.63. The maximum absolute atomic E-state index is 13.3. The predicted octanol–water partition coefficient (Wildman–Crippen LogP) is 3.22. The highest BCUT2D eigenvalue weighted by Crippen LogP contribution is 2.24. The molecule has 0 aromatic heterocycles. The van der Waals surface area contributed by atoms with Gasteiger partial charge in [-0.1, -0.05) is 30.3 Å². The number of methoxy groups -OCH3 is 2. The second-order valence-corrected chi connectivity index (χ2v) is 8.51. The predicted molar refractivity (Wildman–Crippen MR) is 119 cm³/mol. The number of hydrogen-bond donors (Lipinski definition) is 1. The molecule has 0 fully saturated rings. The third-order valence-corrected chi connectivity index (χ3v) is 6.42. The lowest BCUT2D eigenvalue weighted by molar-refractivity contribution is -0.119. The fraction of sp³-hybridized carbons (Fsp3) is 0.174. The summed E-state index contributed by atoms with van der Waals surface area (Å²) >= 11 is 0. The van der Waals surface area contributed by atoms with Gasteiger partial charge in [0.25, 0.3) is 10.0 Å². The monoisotopic (exact) mass is 440 g/mol. The number of ether oxygens (including phenoxy) is 2. The van der Waals surface area contributed by atoms with E-state index in [9.17, 15) is 13.2 Å². The van der Waals surface area contributed by atoms with Gasteiger partial charge in [0.15, 0.2) is 0 Å². The molecule has 1 amide bonds. The second-order valence-electron chi connectivity index (χ2n) is 6.65. The Labute approximate surface area is 182 Å². The molecule has 1 N–H and O–H groups in total. The van der Waals surface area contributed by atoms with E-state index in [0.29, 0.717) is 11.4 Å². The fourth-order valence-corrected chi connectivity index (χ4v) is 4.34. The van der Waals surface area contributed by atoms with Gasteiger partial charge >= 0.3 is 0 Å². The molecule has 7 nitrogen and oxygen atoms in total. The highest BCUT2D eigenvalue weighted by atomic mass is 32.2. The van der Waals surface area contributed by atoms with Crippen molar-refractivity contribution in [3.05, 3.63) is 84.4 Å². The third kappa shape index (κ3) is 5.55. The Bertz CT molecular complexity index is 1100. The Morgan fingerprint density at radius 3 is 1.94 bits per heavy atom. The summed E-state index contributed by atoms with van der Waals surface area (Å²) in [6.45, 7) is -0.0808. The first-order chi connectivity index (χ1) is 14.9. The van der Waals surface area contributed by atoms with Gasteiger partial charge in [0.05, 0.1) is 24.8 Å². The standard InChI is InChI=1S/C23H24N2O5S/c1-29-20-10-8-18(9-11-20)16-24-23(26)17-25(19-6-4-3-5-7-19)31(27,28)22-14-12-21(30-2)13-15-22/h3-15H,16-17H2,1-2H3,(H,24,26). The van der Waals surface area contributed by atoms with Crippen LogP contribution in [0.25, 0.3) is 0 Å². The molecule has 3 aromatic carbocycles. The average Bonchev–Trinajstić information content (AvgIpc) is 2.82. The number of anilines is 1. The summed E-state index contributed by atoms with van der Waals surface area (Å²) in [5, 5.41) is 2.77. The van der Waals surface area contributed by atoms with Crippen molar-refractivity contribution in [3.8, 4) is 11.5 Å². The lowest BCUT2D eigenvalue weighted by Gasteiger charge is -2.24. The van der Waals surface area contributed by atoms with Crippen LogP contribution in [0.1, 0.15) is 5.56 Å². The molecule has 0 bridgehead atoms. The van der Waals surface area contributed by atoms with E-state index in [-0.39, 0.29) is 18.0 Å². The van der Waals surface area contributed by atoms with E-state index >= 15 is 0 Å². The molecule has 31 heavy (non-hydrogen) atoms. The van der Waals surface area contributed by atoms with Crippen LogP contribution in [-0.4, -0.2) is 35.1 Å². The number of benzene rings is 3. The van der Waals surface area contributed by atoms with E-state index in [0.717, 1.165) is 15.6 Å². The molecule has 0 spiro atoms. The molecule has 0 saturated carbocycles. The van der Waals surface area contributed by atoms with E-state index in [2.05, 4.69) is 5.32 Å². The first-order valence-electron chi connectivity index (χ1n) is 9.55. The zero-order chi connectivity index (χ0) is 22.3. The molecular formula is C23H24N2O5S. The Hall–Kier alpha value is -3.52. The van der Waals surface area contributed by atoms with Gasteiger partial charge in [0.1, 0.15) is 18.0 Å². The summed E-state index contributed by atoms with van der Waals surface area (Å²) in [5.41, 5.74) is 1.27. The number of hydrogen-bond acceptors (Lipinski definition) is 5. The molecule has 3 aromatic rings. The smallest absolute Gasteiger partial charge is 0.264 e. The normalized spacial score (nSPS) is 10.9. The Morgan fingerprint density at radius 1 is 0.839 bits per heavy atom. The minimum absolute atomic E-state index is 0.0695. The molecule has 0 aliphatic carbocycles. The largest absolute Gasteiger partial charge is 0.497 e. The van der Waals surface area contributed by atoms with E-state index in [4.69, 9.17) is 9.47 Å². The summed E-state index contributed by atoms with van der Waals surface area (Å²) in [6.07, 6.45) is 0. The minimum atomic E-state index is -3.97. The number of carbonyl (C=O) groups is 1. The van der Waals surface area contributed by atoms with E-state index in [1.807, 2.05) is 12.1 Å². The highest BCUT2D eigenvalue weighted by molar-refractivity contribution is 7.92. The van der Waals surface area contributed by atoms with Crippen molar-refractivity contribution in [2.45, 2.75) is 11.4 Å². The van der Waals surface area contributed by atoms with Crippen LogP contribution in [0, 0.1) is 0 Å². The molecule has 8 heteroatoms. The van der Waals surface area contributed by atoms with Gasteiger partial charge in [-0.15, -0.1) is 0 Å². The Balaban J connectivity index is 1.79. The number of nitrogens with one attached hydrogen (secondary N) is 1. The van der Waals surface area contributed by atoms with Crippen molar-refractivity contribution >= 4 is 21.6 Å². The highest BCUT2D eigenvalue weighted by Gasteiger charge is 2.27. The van der Waals surface area contributed by atoms with Crippen LogP contribution in [0.15, 0.2) is 83.8 Å². The molecule has 0 atom stereocenters. The molecule has 0 aliphatic heterocycles. The number of para-hydroxylation sites is 1. The second kappa shape index (κ2) is 9.99. The van der Waals surface area contributed by atoms with Gasteiger partial charge < -0.3 is 14.8 Å². The topological polar surface area (TPSA) is 84.9 Å². The molecule has 162 valence electrons. The van der Waals surface area contributed by atoms with Crippen molar-refractivity contribution < 1.29 is 22.7 Å². The molecule has 0 heterocycles. The summed E-state index contributed by atoms with van der Waals surface area (Å²) in [4.78, 5) is 12.7. The van der Waals surface area contributed by atoms with Crippen molar-refractivity contribution in [1.29, 1.82) is 0 Å². The first kappa shape index (κ1) is 22.2. The summed E-state index contributed by atoms with van der Waals surface area (Å²) in [6, 6.07) is 21.9. The summed E-state index contributed by atoms with van der Waals surface area (Å²) in [5.74, 6) is 0.843. The molecule has 0 aliphatic rings. The minimum Gasteiger partial charge on any atom is -0.497 e. The summed E-state index contributed by atoms with van der Waals surface area (Å²) < 4.78 is 37.9. The fourth-order valence-electron chi connectivity index (χ4n) is 2.91. The van der Waals surface area contributed by atoms with Crippen LogP contribution in [0.3, 0.4) is 0 Å². The van der Waals surface area contributed by atoms with Gasteiger partial charge in [0, 0.05) is 6.54 Å². The van der Waals surface area contributed by atoms with Gasteiger partial charge in [-0.3, -0.25) is 9.10 Å². The van der Waals surface area contributed by atoms with Crippen molar-refractivity contribution in [2.24, 2.45) is 0 Å². The number of sulfonamides is 1. The van der Waals surface area contributed by atoms with Crippen LogP contribution in [0.2, 0.25) is 0 Å². The average molecular weight is 441 g/mol. The number of rotatable bonds is 9. The number of amides is 1. The van der Waals surface area contributed by atoms with Crippen molar-refractivity contribution in [1.82, 2.24) is 5.32 Å². The van der Waals surface area contributed by atoms with Crippen LogP contribution in [0.5, 0.6) is 11.5 Å². The Morgan fingerprint density at radius 2 is 1.39 bits per heavy atom.